The number of nitrogens with zero attached hydrogens (tertiary/aromatic N) is 5. The Hall–Kier alpha value is -3.25. The molecule has 0 aliphatic carbocycles. The van der Waals surface area contributed by atoms with Crippen LogP contribution in [0.5, 0.6) is 0 Å². The minimum atomic E-state index is -1.04. The lowest BCUT2D eigenvalue weighted by atomic mass is 10.1. The van der Waals surface area contributed by atoms with Gasteiger partial charge in [-0.25, -0.2) is 9.97 Å². The van der Waals surface area contributed by atoms with E-state index in [1.165, 1.54) is 21.5 Å². The average Bonchev–Trinajstić information content (AvgIpc) is 3.27. The molecule has 2 aromatic heterocycles. The molecule has 2 aromatic rings. The molecule has 0 spiro atoms. The summed E-state index contributed by atoms with van der Waals surface area (Å²) in [7, 11) is 0. The van der Waals surface area contributed by atoms with E-state index >= 15 is 0 Å². The highest BCUT2D eigenvalue weighted by atomic mass is 16.4. The maximum atomic E-state index is 11.0. The fourth-order valence-electron chi connectivity index (χ4n) is 3.00. The van der Waals surface area contributed by atoms with E-state index in [2.05, 4.69) is 9.97 Å². The molecule has 0 aliphatic heterocycles. The molecule has 0 bridgehead atoms. The van der Waals surface area contributed by atoms with Gasteiger partial charge < -0.3 is 30.2 Å². The topological polar surface area (TPSA) is 177 Å². The molecule has 2 heterocycles. The first-order valence-corrected chi connectivity index (χ1v) is 9.40. The van der Waals surface area contributed by atoms with Crippen molar-refractivity contribution in [3.05, 3.63) is 36.4 Å². The molecule has 0 aliphatic rings. The predicted molar refractivity (Wildman–Crippen MR) is 103 cm³/mol. The summed E-state index contributed by atoms with van der Waals surface area (Å²) >= 11 is 0. The zero-order valence-electron chi connectivity index (χ0n) is 16.4. The van der Waals surface area contributed by atoms with Crippen molar-refractivity contribution in [1.29, 1.82) is 0 Å². The van der Waals surface area contributed by atoms with E-state index in [0.717, 1.165) is 0 Å². The minimum Gasteiger partial charge on any atom is -0.480 e. The number of carboxylic acid groups (broad SMARTS) is 3. The molecule has 0 saturated carbocycles. The summed E-state index contributed by atoms with van der Waals surface area (Å²) in [4.78, 5) is 43.4. The Bertz CT molecular complexity index is 807. The van der Waals surface area contributed by atoms with Gasteiger partial charge in [0.15, 0.2) is 0 Å². The summed E-state index contributed by atoms with van der Waals surface area (Å²) in [6, 6.07) is -0.914. The summed E-state index contributed by atoms with van der Waals surface area (Å²) in [5.41, 5.74) is 5.53. The number of hydrogen-bond acceptors (Lipinski definition) is 7. The van der Waals surface area contributed by atoms with Crippen molar-refractivity contribution in [2.45, 2.75) is 51.5 Å². The summed E-state index contributed by atoms with van der Waals surface area (Å²) in [5, 5.41) is 27.0. The Morgan fingerprint density at radius 2 is 1.43 bits per heavy atom. The second kappa shape index (κ2) is 11.1. The third-order valence-corrected chi connectivity index (χ3v) is 4.50. The van der Waals surface area contributed by atoms with E-state index in [0.29, 0.717) is 50.5 Å². The van der Waals surface area contributed by atoms with Crippen LogP contribution in [0.15, 0.2) is 24.8 Å². The smallest absolute Gasteiger partial charge is 0.323 e. The van der Waals surface area contributed by atoms with Crippen molar-refractivity contribution < 1.29 is 29.7 Å². The van der Waals surface area contributed by atoms with Crippen LogP contribution in [-0.2, 0) is 40.6 Å². The highest BCUT2D eigenvalue weighted by Gasteiger charge is 2.17. The number of aliphatic carboxylic acids is 3. The molecule has 0 amide bonds. The molecule has 1 atom stereocenters. The molecule has 5 N–H and O–H groups in total. The molecule has 0 fully saturated rings. The first kappa shape index (κ1) is 23.0. The van der Waals surface area contributed by atoms with Crippen LogP contribution in [0.25, 0.3) is 0 Å². The third kappa shape index (κ3) is 7.29. The van der Waals surface area contributed by atoms with Crippen LogP contribution in [0.3, 0.4) is 0 Å². The van der Waals surface area contributed by atoms with Gasteiger partial charge in [0.05, 0.1) is 13.1 Å². The molecule has 164 valence electrons. The zero-order valence-corrected chi connectivity index (χ0v) is 16.4. The van der Waals surface area contributed by atoms with Crippen LogP contribution in [0.1, 0.15) is 30.9 Å². The molecule has 12 nitrogen and oxygen atoms in total. The minimum absolute atomic E-state index is 0.218. The van der Waals surface area contributed by atoms with Crippen LogP contribution in [0, 0.1) is 0 Å². The molecular formula is C18H26N6O6. The normalized spacial score (nSPS) is 12.2. The van der Waals surface area contributed by atoms with Crippen molar-refractivity contribution in [3.63, 3.8) is 0 Å². The van der Waals surface area contributed by atoms with Gasteiger partial charge in [0.25, 0.3) is 0 Å². The van der Waals surface area contributed by atoms with Crippen molar-refractivity contribution in [2.75, 3.05) is 6.54 Å². The largest absolute Gasteiger partial charge is 0.480 e. The first-order valence-electron chi connectivity index (χ1n) is 9.40. The highest BCUT2D eigenvalue weighted by molar-refractivity contribution is 5.72. The number of carboxylic acids is 3. The molecule has 0 aromatic carbocycles. The number of nitrogens with two attached hydrogens (primary N) is 1. The van der Waals surface area contributed by atoms with Crippen LogP contribution in [-0.4, -0.2) is 69.8 Å². The van der Waals surface area contributed by atoms with Crippen LogP contribution in [0.4, 0.5) is 0 Å². The predicted octanol–water partition coefficient (Wildman–Crippen LogP) is -0.167. The van der Waals surface area contributed by atoms with Gasteiger partial charge in [0.1, 0.15) is 30.8 Å². The standard InChI is InChI=1S/C18H26N6O6/c19-13(18(29)30)3-1-2-6-22(9-14-20-4-7-23(14)11-16(25)26)10-15-21-5-8-24(15)12-17(27)28/h4-5,7-8,13H,1-3,6,9-12,19H2,(H,25,26)(H,27,28)(H,29,30). The number of hydrogen-bond donors (Lipinski definition) is 4. The van der Waals surface area contributed by atoms with Gasteiger partial charge in [-0.05, 0) is 19.4 Å². The Morgan fingerprint density at radius 1 is 0.933 bits per heavy atom. The van der Waals surface area contributed by atoms with Gasteiger partial charge in [-0.2, -0.15) is 0 Å². The maximum Gasteiger partial charge on any atom is 0.323 e. The third-order valence-electron chi connectivity index (χ3n) is 4.50. The second-order valence-corrected chi connectivity index (χ2v) is 6.88. The number of unbranched alkanes of at least 4 members (excludes halogenated alkanes) is 1. The number of rotatable bonds is 14. The maximum absolute atomic E-state index is 11.0. The van der Waals surface area contributed by atoms with Gasteiger partial charge in [-0.3, -0.25) is 19.3 Å². The van der Waals surface area contributed by atoms with Gasteiger partial charge in [0.2, 0.25) is 0 Å². The van der Waals surface area contributed by atoms with E-state index in [1.54, 1.807) is 12.4 Å². The van der Waals surface area contributed by atoms with Crippen molar-refractivity contribution in [1.82, 2.24) is 24.0 Å². The SMILES string of the molecule is NC(CCCCN(Cc1nccn1CC(=O)O)Cc1nccn1CC(=O)O)C(=O)O. The fourth-order valence-corrected chi connectivity index (χ4v) is 3.00. The van der Waals surface area contributed by atoms with E-state index in [9.17, 15) is 14.4 Å². The van der Waals surface area contributed by atoms with Crippen LogP contribution >= 0.6 is 0 Å². The van der Waals surface area contributed by atoms with Crippen molar-refractivity contribution in [2.24, 2.45) is 5.73 Å². The Labute approximate surface area is 172 Å². The van der Waals surface area contributed by atoms with Gasteiger partial charge >= 0.3 is 17.9 Å². The number of carbonyl (C=O) groups is 3. The Balaban J connectivity index is 2.07. The average molecular weight is 422 g/mol. The zero-order chi connectivity index (χ0) is 22.1. The summed E-state index contributed by atoms with van der Waals surface area (Å²) < 4.78 is 3.05. The molecule has 30 heavy (non-hydrogen) atoms. The molecular weight excluding hydrogens is 396 g/mol. The van der Waals surface area contributed by atoms with E-state index in [1.807, 2.05) is 4.90 Å². The van der Waals surface area contributed by atoms with Crippen molar-refractivity contribution >= 4 is 17.9 Å². The Morgan fingerprint density at radius 3 is 1.87 bits per heavy atom. The van der Waals surface area contributed by atoms with E-state index in [-0.39, 0.29) is 13.1 Å². The lowest BCUT2D eigenvalue weighted by molar-refractivity contribution is -0.139. The van der Waals surface area contributed by atoms with Crippen LogP contribution < -0.4 is 5.73 Å². The van der Waals surface area contributed by atoms with Gasteiger partial charge in [-0.1, -0.05) is 6.42 Å². The lowest BCUT2D eigenvalue weighted by Gasteiger charge is -2.22. The Kier molecular flexibility index (Phi) is 8.50. The van der Waals surface area contributed by atoms with Gasteiger partial charge in [0, 0.05) is 24.8 Å². The molecule has 1 unspecified atom stereocenters. The van der Waals surface area contributed by atoms with E-state index in [4.69, 9.17) is 21.1 Å². The van der Waals surface area contributed by atoms with Crippen LogP contribution in [0.2, 0.25) is 0 Å². The number of imidazole rings is 2. The van der Waals surface area contributed by atoms with Gasteiger partial charge in [-0.15, -0.1) is 0 Å². The lowest BCUT2D eigenvalue weighted by Crippen LogP contribution is -2.31. The molecule has 0 radical (unpaired) electrons. The highest BCUT2D eigenvalue weighted by Crippen LogP contribution is 2.11. The van der Waals surface area contributed by atoms with E-state index < -0.39 is 23.9 Å². The summed E-state index contributed by atoms with van der Waals surface area (Å²) in [5.74, 6) is -1.91. The first-order chi connectivity index (χ1) is 14.3. The number of aromatic nitrogens is 4. The van der Waals surface area contributed by atoms with Crippen molar-refractivity contribution in [3.8, 4) is 0 Å². The summed E-state index contributed by atoms with van der Waals surface area (Å²) in [6.07, 6.45) is 7.79. The second-order valence-electron chi connectivity index (χ2n) is 6.88. The summed E-state index contributed by atoms with van der Waals surface area (Å²) in [6.45, 7) is 0.761. The molecule has 2 rings (SSSR count). The molecule has 0 saturated heterocycles. The monoisotopic (exact) mass is 422 g/mol. The quantitative estimate of drug-likeness (QED) is 0.299. The molecule has 12 heteroatoms. The fraction of sp³-hybridized carbons (Fsp3) is 0.500.